The molecule has 0 radical (unpaired) electrons. The van der Waals surface area contributed by atoms with Gasteiger partial charge in [0, 0.05) is 17.5 Å². The van der Waals surface area contributed by atoms with E-state index in [2.05, 4.69) is 68.6 Å². The molecule has 0 fully saturated rings. The quantitative estimate of drug-likeness (QED) is 0.253. The van der Waals surface area contributed by atoms with E-state index in [4.69, 9.17) is 9.47 Å². The van der Waals surface area contributed by atoms with Crippen LogP contribution in [0.2, 0.25) is 0 Å². The van der Waals surface area contributed by atoms with Crippen LogP contribution in [-0.2, 0) is 16.6 Å². The average molecular weight is 463 g/mol. The lowest BCUT2D eigenvalue weighted by atomic mass is 9.73. The van der Waals surface area contributed by atoms with Crippen molar-refractivity contribution in [2.75, 3.05) is 0 Å². The van der Waals surface area contributed by atoms with Gasteiger partial charge >= 0.3 is 5.97 Å². The summed E-state index contributed by atoms with van der Waals surface area (Å²) < 4.78 is 11.6. The summed E-state index contributed by atoms with van der Waals surface area (Å²) in [6.45, 7) is 13.0. The predicted octanol–water partition coefficient (Wildman–Crippen LogP) is 6.54. The Morgan fingerprint density at radius 2 is 1.82 bits per heavy atom. The van der Waals surface area contributed by atoms with Gasteiger partial charge in [0.25, 0.3) is 0 Å². The van der Waals surface area contributed by atoms with E-state index in [9.17, 15) is 4.79 Å². The van der Waals surface area contributed by atoms with Gasteiger partial charge < -0.3 is 9.47 Å². The Morgan fingerprint density at radius 3 is 2.50 bits per heavy atom. The Bertz CT molecular complexity index is 1060. The number of esters is 1. The lowest BCUT2D eigenvalue weighted by Gasteiger charge is -2.42. The number of rotatable bonds is 8. The van der Waals surface area contributed by atoms with Gasteiger partial charge in [-0.3, -0.25) is 4.79 Å². The van der Waals surface area contributed by atoms with Crippen LogP contribution in [0.1, 0.15) is 109 Å². The van der Waals surface area contributed by atoms with Gasteiger partial charge in [0.15, 0.2) is 0 Å². The van der Waals surface area contributed by atoms with Crippen molar-refractivity contribution < 1.29 is 14.3 Å². The minimum atomic E-state index is -0.301. The number of unbranched alkanes of at least 4 members (excludes halogenated alkanes) is 3. The van der Waals surface area contributed by atoms with Gasteiger partial charge in [-0.25, -0.2) is 9.97 Å². The van der Waals surface area contributed by atoms with E-state index in [0.717, 1.165) is 37.0 Å². The van der Waals surface area contributed by atoms with Crippen LogP contribution in [0.4, 0.5) is 0 Å². The topological polar surface area (TPSA) is 61.3 Å². The molecule has 0 saturated heterocycles. The first-order valence-corrected chi connectivity index (χ1v) is 12.5. The summed E-state index contributed by atoms with van der Waals surface area (Å²) in [5.74, 6) is 7.38. The summed E-state index contributed by atoms with van der Waals surface area (Å²) in [5, 5.41) is 0. The number of carbonyl (C=O) groups is 1. The average Bonchev–Trinajstić information content (AvgIpc) is 2.75. The molecular weight excluding hydrogens is 424 g/mol. The van der Waals surface area contributed by atoms with E-state index in [0.29, 0.717) is 12.1 Å². The lowest BCUT2D eigenvalue weighted by Crippen LogP contribution is -2.41. The number of benzene rings is 1. The van der Waals surface area contributed by atoms with Crippen LogP contribution in [0.15, 0.2) is 24.5 Å². The third kappa shape index (κ3) is 6.82. The van der Waals surface area contributed by atoms with Crippen LogP contribution >= 0.6 is 0 Å². The van der Waals surface area contributed by atoms with Gasteiger partial charge in [-0.15, -0.1) is 0 Å². The normalized spacial score (nSPS) is 15.5. The molecule has 0 atom stereocenters. The van der Waals surface area contributed by atoms with Crippen molar-refractivity contribution in [1.29, 1.82) is 0 Å². The van der Waals surface area contributed by atoms with Crippen molar-refractivity contribution in [2.45, 2.75) is 104 Å². The number of aryl methyl sites for hydroxylation is 1. The second kappa shape index (κ2) is 11.0. The molecule has 0 bridgehead atoms. The highest BCUT2D eigenvalue weighted by molar-refractivity contribution is 5.71. The number of carbonyl (C=O) groups excluding carboxylic acids is 1. The molecule has 1 aromatic heterocycles. The van der Waals surface area contributed by atoms with E-state index in [1.807, 2.05) is 6.92 Å². The molecule has 182 valence electrons. The van der Waals surface area contributed by atoms with Gasteiger partial charge in [0.05, 0.1) is 12.4 Å². The monoisotopic (exact) mass is 462 g/mol. The smallest absolute Gasteiger partial charge is 0.312 e. The zero-order valence-electron chi connectivity index (χ0n) is 21.6. The summed E-state index contributed by atoms with van der Waals surface area (Å²) in [6, 6.07) is 4.41. The third-order valence-electron chi connectivity index (χ3n) is 6.11. The van der Waals surface area contributed by atoms with Crippen LogP contribution in [-0.4, -0.2) is 21.5 Å². The highest BCUT2D eigenvalue weighted by Gasteiger charge is 2.39. The fraction of sp³-hybridized carbons (Fsp3) is 0.552. The summed E-state index contributed by atoms with van der Waals surface area (Å²) in [6.07, 6.45) is 10.8. The zero-order chi connectivity index (χ0) is 24.8. The fourth-order valence-electron chi connectivity index (χ4n) is 4.73. The molecule has 34 heavy (non-hydrogen) atoms. The minimum Gasteiger partial charge on any atom is -0.488 e. The maximum atomic E-state index is 11.7. The molecule has 0 aliphatic carbocycles. The van der Waals surface area contributed by atoms with Crippen molar-refractivity contribution >= 4 is 5.97 Å². The molecule has 0 spiro atoms. The van der Waals surface area contributed by atoms with E-state index in [1.54, 1.807) is 6.20 Å². The zero-order valence-corrected chi connectivity index (χ0v) is 21.6. The minimum absolute atomic E-state index is 0.00191. The standard InChI is InChI=1S/C29H38N2O3/c1-7-9-10-11-13-21-17-25-24(28(3,4)20-29(5,6)34-25)16-22(21)14-15-23-18-31-26(19-30-23)33-27(32)12-8-2/h16-19H,7-13,20H2,1-6H3. The third-order valence-corrected chi connectivity index (χ3v) is 6.11. The van der Waals surface area contributed by atoms with E-state index in [-0.39, 0.29) is 22.9 Å². The van der Waals surface area contributed by atoms with E-state index in [1.165, 1.54) is 36.6 Å². The van der Waals surface area contributed by atoms with Crippen molar-refractivity contribution in [3.8, 4) is 23.5 Å². The van der Waals surface area contributed by atoms with Crippen LogP contribution < -0.4 is 9.47 Å². The Labute approximate surface area is 204 Å². The maximum absolute atomic E-state index is 11.7. The first-order valence-electron chi connectivity index (χ1n) is 12.5. The Kier molecular flexibility index (Phi) is 8.36. The highest BCUT2D eigenvalue weighted by Crippen LogP contribution is 2.45. The summed E-state index contributed by atoms with van der Waals surface area (Å²) in [7, 11) is 0. The fourth-order valence-corrected chi connectivity index (χ4v) is 4.73. The van der Waals surface area contributed by atoms with Crippen LogP contribution in [0.3, 0.4) is 0 Å². The largest absolute Gasteiger partial charge is 0.488 e. The predicted molar refractivity (Wildman–Crippen MR) is 135 cm³/mol. The molecule has 3 rings (SSSR count). The van der Waals surface area contributed by atoms with E-state index >= 15 is 0 Å². The lowest BCUT2D eigenvalue weighted by molar-refractivity contribution is -0.134. The molecule has 1 aliphatic heterocycles. The molecular formula is C29H38N2O3. The molecule has 0 saturated carbocycles. The first kappa shape index (κ1) is 25.7. The molecule has 1 aromatic carbocycles. The Hall–Kier alpha value is -2.87. The van der Waals surface area contributed by atoms with Gasteiger partial charge in [-0.2, -0.15) is 0 Å². The van der Waals surface area contributed by atoms with Crippen molar-refractivity contribution in [3.63, 3.8) is 0 Å². The Balaban J connectivity index is 1.89. The first-order chi connectivity index (χ1) is 16.1. The van der Waals surface area contributed by atoms with Crippen LogP contribution in [0.25, 0.3) is 0 Å². The second-order valence-corrected chi connectivity index (χ2v) is 10.5. The maximum Gasteiger partial charge on any atom is 0.312 e. The summed E-state index contributed by atoms with van der Waals surface area (Å²) in [5.41, 5.74) is 3.79. The van der Waals surface area contributed by atoms with Gasteiger partial charge in [-0.1, -0.05) is 52.9 Å². The molecule has 0 amide bonds. The van der Waals surface area contributed by atoms with Gasteiger partial charge in [0.2, 0.25) is 5.88 Å². The van der Waals surface area contributed by atoms with Crippen LogP contribution in [0, 0.1) is 11.8 Å². The molecule has 0 N–H and O–H groups in total. The van der Waals surface area contributed by atoms with Crippen LogP contribution in [0.5, 0.6) is 11.6 Å². The molecule has 2 heterocycles. The Morgan fingerprint density at radius 1 is 1.03 bits per heavy atom. The SMILES string of the molecule is CCCCCCc1cc2c(cc1C#Cc1cnc(OC(=O)CCC)cn1)C(C)(C)CC(C)(C)O2. The number of nitrogens with zero attached hydrogens (tertiary/aromatic N) is 2. The molecule has 0 unspecified atom stereocenters. The van der Waals surface area contributed by atoms with Gasteiger partial charge in [-0.05, 0) is 68.6 Å². The molecule has 5 nitrogen and oxygen atoms in total. The highest BCUT2D eigenvalue weighted by atomic mass is 16.5. The number of hydrogen-bond donors (Lipinski definition) is 0. The molecule has 1 aliphatic rings. The second-order valence-electron chi connectivity index (χ2n) is 10.5. The number of hydrogen-bond acceptors (Lipinski definition) is 5. The molecule has 2 aromatic rings. The summed E-state index contributed by atoms with van der Waals surface area (Å²) in [4.78, 5) is 20.2. The van der Waals surface area contributed by atoms with Gasteiger partial charge in [0.1, 0.15) is 17.0 Å². The van der Waals surface area contributed by atoms with Crippen molar-refractivity contribution in [3.05, 3.63) is 46.9 Å². The van der Waals surface area contributed by atoms with Crippen molar-refractivity contribution in [2.24, 2.45) is 0 Å². The number of ether oxygens (including phenoxy) is 2. The van der Waals surface area contributed by atoms with E-state index < -0.39 is 0 Å². The number of aromatic nitrogens is 2. The summed E-state index contributed by atoms with van der Waals surface area (Å²) >= 11 is 0. The molecule has 5 heteroatoms. The van der Waals surface area contributed by atoms with Crippen molar-refractivity contribution in [1.82, 2.24) is 9.97 Å². The number of fused-ring (bicyclic) bond motifs is 1.